The summed E-state index contributed by atoms with van der Waals surface area (Å²) in [5, 5.41) is 80.8. The van der Waals surface area contributed by atoms with Gasteiger partial charge in [0.15, 0.2) is 0 Å². The molecule has 0 spiro atoms. The van der Waals surface area contributed by atoms with E-state index < -0.39 is 212 Å². The molecule has 35 heteroatoms. The molecular formula is C56H87N13O22. The molecule has 0 saturated heterocycles. The Hall–Kier alpha value is -9.54. The molecule has 1 aromatic rings. The van der Waals surface area contributed by atoms with Crippen molar-refractivity contribution in [2.75, 3.05) is 0 Å². The number of benzene rings is 1. The van der Waals surface area contributed by atoms with Crippen LogP contribution in [0.4, 0.5) is 0 Å². The number of primary amides is 2. The minimum absolute atomic E-state index is 0.0152. The van der Waals surface area contributed by atoms with Crippen molar-refractivity contribution < 1.29 is 107 Å². The average Bonchev–Trinajstić information content (AvgIpc) is 1.38. The number of aliphatic hydroxyl groups excluding tert-OH is 1. The van der Waals surface area contributed by atoms with Crippen molar-refractivity contribution in [3.8, 4) is 5.75 Å². The number of phenols is 1. The monoisotopic (exact) mass is 1290 g/mol. The largest absolute Gasteiger partial charge is 0.508 e. The smallest absolute Gasteiger partial charge is 0.326 e. The first-order chi connectivity index (χ1) is 42.2. The Labute approximate surface area is 523 Å². The summed E-state index contributed by atoms with van der Waals surface area (Å²) < 4.78 is 0. The fourth-order valence-corrected chi connectivity index (χ4v) is 8.59. The molecule has 91 heavy (non-hydrogen) atoms. The first-order valence-corrected chi connectivity index (χ1v) is 28.9. The van der Waals surface area contributed by atoms with Gasteiger partial charge in [0.25, 0.3) is 0 Å². The molecule has 508 valence electrons. The quantitative estimate of drug-likeness (QED) is 0.0291. The third-order valence-electron chi connectivity index (χ3n) is 13.2. The van der Waals surface area contributed by atoms with E-state index in [1.165, 1.54) is 12.1 Å². The van der Waals surface area contributed by atoms with Crippen molar-refractivity contribution in [1.29, 1.82) is 0 Å². The lowest BCUT2D eigenvalue weighted by Gasteiger charge is -2.28. The van der Waals surface area contributed by atoms with Gasteiger partial charge in [0, 0.05) is 12.8 Å². The number of carbonyl (C=O) groups is 16. The number of nitrogens with one attached hydrogen (secondary N) is 10. The van der Waals surface area contributed by atoms with Crippen LogP contribution in [0.2, 0.25) is 0 Å². The van der Waals surface area contributed by atoms with Crippen LogP contribution in [0.5, 0.6) is 5.75 Å². The number of phenolic OH excluding ortho intramolecular Hbond substituents is 1. The van der Waals surface area contributed by atoms with Gasteiger partial charge in [-0.15, -0.1) is 0 Å². The molecule has 0 bridgehead atoms. The zero-order valence-electron chi connectivity index (χ0n) is 51.7. The number of hydrogen-bond acceptors (Lipinski definition) is 19. The predicted octanol–water partition coefficient (Wildman–Crippen LogP) is -5.31. The van der Waals surface area contributed by atoms with Crippen LogP contribution in [-0.4, -0.2) is 198 Å². The highest BCUT2D eigenvalue weighted by molar-refractivity contribution is 6.01. The van der Waals surface area contributed by atoms with Crippen LogP contribution in [0.15, 0.2) is 24.3 Å². The summed E-state index contributed by atoms with van der Waals surface area (Å²) >= 11 is 0. The molecule has 1 rings (SSSR count). The van der Waals surface area contributed by atoms with Gasteiger partial charge in [-0.2, -0.15) is 0 Å². The molecule has 22 N–H and O–H groups in total. The highest BCUT2D eigenvalue weighted by Crippen LogP contribution is 2.15. The molecule has 0 fully saturated rings. The second kappa shape index (κ2) is 38.8. The molecule has 12 amide bonds. The van der Waals surface area contributed by atoms with Gasteiger partial charge < -0.3 is 101 Å². The summed E-state index contributed by atoms with van der Waals surface area (Å²) in [4.78, 5) is 208. The molecular weight excluding hydrogens is 1210 g/mol. The number of carboxylic acid groups (broad SMARTS) is 4. The van der Waals surface area contributed by atoms with Crippen LogP contribution in [-0.2, 0) is 83.1 Å². The molecule has 35 nitrogen and oxygen atoms in total. The van der Waals surface area contributed by atoms with E-state index in [1.807, 2.05) is 10.6 Å². The Morgan fingerprint density at radius 1 is 0.396 bits per heavy atom. The maximum absolute atomic E-state index is 14.1. The van der Waals surface area contributed by atoms with Crippen LogP contribution in [0.25, 0.3) is 0 Å². The average molecular weight is 1290 g/mol. The van der Waals surface area contributed by atoms with Gasteiger partial charge >= 0.3 is 23.9 Å². The highest BCUT2D eigenvalue weighted by Gasteiger charge is 2.38. The van der Waals surface area contributed by atoms with Crippen molar-refractivity contribution >= 4 is 94.8 Å². The van der Waals surface area contributed by atoms with Gasteiger partial charge in [-0.3, -0.25) is 71.9 Å². The third-order valence-corrected chi connectivity index (χ3v) is 13.2. The van der Waals surface area contributed by atoms with Crippen LogP contribution < -0.4 is 70.4 Å². The third kappa shape index (κ3) is 31.0. The highest BCUT2D eigenvalue weighted by atomic mass is 16.4. The summed E-state index contributed by atoms with van der Waals surface area (Å²) in [6.45, 7) is 12.1. The van der Waals surface area contributed by atoms with Crippen molar-refractivity contribution in [3.05, 3.63) is 29.8 Å². The number of carbonyl (C=O) groups excluding carboxylic acids is 12. The Morgan fingerprint density at radius 2 is 0.725 bits per heavy atom. The van der Waals surface area contributed by atoms with Gasteiger partial charge in [0.1, 0.15) is 66.2 Å². The van der Waals surface area contributed by atoms with Crippen LogP contribution in [0, 0.1) is 17.8 Å². The van der Waals surface area contributed by atoms with Crippen molar-refractivity contribution in [1.82, 2.24) is 53.2 Å². The number of aliphatic hydroxyl groups is 1. The van der Waals surface area contributed by atoms with Crippen molar-refractivity contribution in [2.45, 2.75) is 199 Å². The summed E-state index contributed by atoms with van der Waals surface area (Å²) in [7, 11) is 0. The molecule has 0 aromatic heterocycles. The van der Waals surface area contributed by atoms with E-state index in [4.69, 9.17) is 17.2 Å². The second-order valence-electron chi connectivity index (χ2n) is 23.0. The first kappa shape index (κ1) is 79.5. The van der Waals surface area contributed by atoms with Gasteiger partial charge in [-0.05, 0) is 87.8 Å². The zero-order valence-corrected chi connectivity index (χ0v) is 51.7. The van der Waals surface area contributed by atoms with Crippen molar-refractivity contribution in [3.63, 3.8) is 0 Å². The minimum atomic E-state index is -2.06. The normalized spacial score (nSPS) is 15.1. The van der Waals surface area contributed by atoms with Gasteiger partial charge in [-0.25, -0.2) is 4.79 Å². The number of carboxylic acids is 4. The predicted molar refractivity (Wildman–Crippen MR) is 316 cm³/mol. The molecule has 12 atom stereocenters. The van der Waals surface area contributed by atoms with Gasteiger partial charge in [0.05, 0.1) is 31.4 Å². The topological polar surface area (TPSA) is 593 Å². The maximum atomic E-state index is 14.1. The van der Waals surface area contributed by atoms with E-state index in [1.54, 1.807) is 53.7 Å². The second-order valence-corrected chi connectivity index (χ2v) is 23.0. The van der Waals surface area contributed by atoms with E-state index in [9.17, 15) is 107 Å². The lowest BCUT2D eigenvalue weighted by Crippen LogP contribution is -2.62. The van der Waals surface area contributed by atoms with E-state index in [-0.39, 0.29) is 49.2 Å². The number of rotatable bonds is 42. The van der Waals surface area contributed by atoms with Crippen molar-refractivity contribution in [2.24, 2.45) is 35.0 Å². The summed E-state index contributed by atoms with van der Waals surface area (Å²) in [6.07, 6.45) is -8.17. The molecule has 0 heterocycles. The lowest BCUT2D eigenvalue weighted by atomic mass is 9.99. The summed E-state index contributed by atoms with van der Waals surface area (Å²) in [6, 6.07) is -13.1. The molecule has 0 aliphatic carbocycles. The molecule has 0 unspecified atom stereocenters. The van der Waals surface area contributed by atoms with E-state index >= 15 is 0 Å². The van der Waals surface area contributed by atoms with E-state index in [2.05, 4.69) is 42.5 Å². The lowest BCUT2D eigenvalue weighted by molar-refractivity contribution is -0.144. The fraction of sp³-hybridized carbons (Fsp3) is 0.607. The van der Waals surface area contributed by atoms with Gasteiger partial charge in [0.2, 0.25) is 70.9 Å². The molecule has 1 aromatic carbocycles. The maximum Gasteiger partial charge on any atom is 0.326 e. The van der Waals surface area contributed by atoms with E-state index in [0.717, 1.165) is 13.8 Å². The number of aliphatic carboxylic acids is 4. The van der Waals surface area contributed by atoms with Gasteiger partial charge in [-0.1, -0.05) is 53.7 Å². The van der Waals surface area contributed by atoms with Crippen LogP contribution in [0.1, 0.15) is 125 Å². The Morgan fingerprint density at radius 3 is 1.10 bits per heavy atom. The summed E-state index contributed by atoms with van der Waals surface area (Å²) in [5.74, 6) is -21.4. The SMILES string of the molecule is CC(C)C[C@H](NC(=O)[C@H](CC(=O)O)NC(=O)[C@H](CC(N)=O)NC(=O)[C@H](CC(N)=O)NC(=O)[C@H](C)NC(=O)[C@@H](NC(=O)[C@H](CCC(=O)O)NC(=O)[C@H](CCC(=O)O)NC(=O)[C@H](CC(C)C)NC(=O)[C@H](CC(C)C)NC(=O)[C@@H](N)Cc1ccc(O)cc1)[C@@H](C)O)C(=O)O. The molecule has 0 aliphatic heterocycles. The molecule has 0 aliphatic rings. The van der Waals surface area contributed by atoms with E-state index in [0.29, 0.717) is 5.56 Å². The van der Waals surface area contributed by atoms with Crippen LogP contribution in [0.3, 0.4) is 0 Å². The Balaban J connectivity index is 3.44. The number of nitrogens with two attached hydrogens (primary N) is 3. The first-order valence-electron chi connectivity index (χ1n) is 28.9. The minimum Gasteiger partial charge on any atom is -0.508 e. The number of hydrogen-bond donors (Lipinski definition) is 19. The standard InChI is InChI=1S/C56H87N13O22/c1-24(2)17-34(64-47(81)31(57)20-29-9-11-30(71)12-10-29)51(85)65-35(18-25(3)4)50(84)62-32(13-15-42(74)75)48(82)61-33(14-16-43(76)77)49(83)69-45(28(8)70)55(89)60-27(7)46(80)63-36(21-40(58)72)52(86)66-37(22-41(59)73)53(87)67-38(23-44(78)79)54(88)68-39(56(90)91)19-26(5)6/h9-12,24-28,31-39,45,70-71H,13-23,57H2,1-8H3,(H2,58,72)(H2,59,73)(H,60,89)(H,61,82)(H,62,84)(H,63,80)(H,64,81)(H,65,85)(H,66,86)(H,67,87)(H,68,88)(H,69,83)(H,74,75)(H,76,77)(H,78,79)(H,90,91)/t27-,28+,31-,32-,33-,34-,35-,36-,37-,38-,39-,45-/m0/s1. The molecule has 0 saturated carbocycles. The summed E-state index contributed by atoms with van der Waals surface area (Å²) in [5.41, 5.74) is 17.4. The number of aromatic hydroxyl groups is 1. The zero-order chi connectivity index (χ0) is 69.7. The molecule has 0 radical (unpaired) electrons. The number of amides is 12. The van der Waals surface area contributed by atoms with Crippen LogP contribution >= 0.6 is 0 Å². The Bertz CT molecular complexity index is 2780. The Kier molecular flexibility index (Phi) is 33.9. The fourth-order valence-electron chi connectivity index (χ4n) is 8.59.